The zero-order chi connectivity index (χ0) is 15.6. The van der Waals surface area contributed by atoms with Crippen LogP contribution in [0.15, 0.2) is 0 Å². The molecule has 2 aliphatic rings. The van der Waals surface area contributed by atoms with Gasteiger partial charge < -0.3 is 20.3 Å². The van der Waals surface area contributed by atoms with Crippen LogP contribution in [0.3, 0.4) is 0 Å². The van der Waals surface area contributed by atoms with Gasteiger partial charge in [-0.1, -0.05) is 12.8 Å². The summed E-state index contributed by atoms with van der Waals surface area (Å²) in [7, 11) is 0. The molecule has 1 heterocycles. The molecular formula is C14H28N5OS2+. The van der Waals surface area contributed by atoms with Crippen LogP contribution in [-0.4, -0.2) is 55.7 Å². The van der Waals surface area contributed by atoms with Gasteiger partial charge in [0.15, 0.2) is 10.2 Å². The van der Waals surface area contributed by atoms with E-state index in [-0.39, 0.29) is 0 Å². The number of morpholine rings is 1. The number of nitrogens with one attached hydrogen (secondary N) is 5. The fourth-order valence-corrected chi connectivity index (χ4v) is 3.27. The van der Waals surface area contributed by atoms with Crippen molar-refractivity contribution in [3.63, 3.8) is 0 Å². The molecule has 0 aromatic rings. The predicted molar refractivity (Wildman–Crippen MR) is 95.9 cm³/mol. The lowest BCUT2D eigenvalue weighted by Crippen LogP contribution is -3.14. The van der Waals surface area contributed by atoms with Crippen LogP contribution in [0.1, 0.15) is 32.1 Å². The first-order chi connectivity index (χ1) is 10.7. The third-order valence-corrected chi connectivity index (χ3v) is 4.64. The van der Waals surface area contributed by atoms with Gasteiger partial charge in [0.05, 0.1) is 19.8 Å². The third-order valence-electron chi connectivity index (χ3n) is 4.17. The molecule has 0 bridgehead atoms. The number of hydrogen-bond donors (Lipinski definition) is 5. The second-order valence-electron chi connectivity index (χ2n) is 5.93. The summed E-state index contributed by atoms with van der Waals surface area (Å²) in [6.45, 7) is 6.04. The molecular weight excluding hydrogens is 318 g/mol. The fourth-order valence-electron chi connectivity index (χ4n) is 2.90. The Morgan fingerprint density at radius 1 is 1.05 bits per heavy atom. The van der Waals surface area contributed by atoms with E-state index in [0.717, 1.165) is 45.8 Å². The van der Waals surface area contributed by atoms with Crippen molar-refractivity contribution in [3.05, 3.63) is 0 Å². The Morgan fingerprint density at radius 2 is 1.73 bits per heavy atom. The smallest absolute Gasteiger partial charge is 0.185 e. The van der Waals surface area contributed by atoms with Crippen LogP contribution in [0.4, 0.5) is 0 Å². The Labute approximate surface area is 143 Å². The van der Waals surface area contributed by atoms with Crippen LogP contribution in [0, 0.1) is 0 Å². The summed E-state index contributed by atoms with van der Waals surface area (Å²) in [5.41, 5.74) is 5.88. The first-order valence-corrected chi connectivity index (χ1v) is 9.07. The van der Waals surface area contributed by atoms with Gasteiger partial charge in [0.2, 0.25) is 0 Å². The van der Waals surface area contributed by atoms with E-state index >= 15 is 0 Å². The highest BCUT2D eigenvalue weighted by Crippen LogP contribution is 2.17. The lowest BCUT2D eigenvalue weighted by molar-refractivity contribution is -0.908. The third kappa shape index (κ3) is 7.04. The number of hydrazine groups is 1. The number of hydrogen-bond acceptors (Lipinski definition) is 3. The largest absolute Gasteiger partial charge is 0.370 e. The van der Waals surface area contributed by atoms with Gasteiger partial charge in [0.25, 0.3) is 0 Å². The highest BCUT2D eigenvalue weighted by atomic mass is 32.1. The van der Waals surface area contributed by atoms with Gasteiger partial charge in [0, 0.05) is 19.0 Å². The molecule has 0 atom stereocenters. The second kappa shape index (κ2) is 10.1. The number of quaternary nitrogens is 1. The van der Waals surface area contributed by atoms with Gasteiger partial charge in [-0.15, -0.1) is 0 Å². The Kier molecular flexibility index (Phi) is 8.14. The van der Waals surface area contributed by atoms with E-state index in [0.29, 0.717) is 16.3 Å². The van der Waals surface area contributed by atoms with E-state index in [1.165, 1.54) is 25.7 Å². The zero-order valence-electron chi connectivity index (χ0n) is 13.1. The van der Waals surface area contributed by atoms with Crippen LogP contribution in [-0.2, 0) is 4.74 Å². The number of ether oxygens (including phenoxy) is 1. The Morgan fingerprint density at radius 3 is 2.45 bits per heavy atom. The highest BCUT2D eigenvalue weighted by molar-refractivity contribution is 7.80. The molecule has 6 nitrogen and oxygen atoms in total. The fraction of sp³-hybridized carbons (Fsp3) is 0.857. The first-order valence-electron chi connectivity index (χ1n) is 8.25. The first kappa shape index (κ1) is 17.7. The molecule has 1 saturated heterocycles. The van der Waals surface area contributed by atoms with Crippen molar-refractivity contribution in [2.45, 2.75) is 38.1 Å². The maximum Gasteiger partial charge on any atom is 0.185 e. The molecule has 0 amide bonds. The van der Waals surface area contributed by atoms with Crippen molar-refractivity contribution in [1.29, 1.82) is 0 Å². The van der Waals surface area contributed by atoms with Gasteiger partial charge in [-0.25, -0.2) is 0 Å². The monoisotopic (exact) mass is 346 g/mol. The van der Waals surface area contributed by atoms with Crippen molar-refractivity contribution in [3.8, 4) is 0 Å². The Bertz CT molecular complexity index is 357. The molecule has 1 aliphatic carbocycles. The van der Waals surface area contributed by atoms with Crippen LogP contribution >= 0.6 is 24.4 Å². The minimum Gasteiger partial charge on any atom is -0.370 e. The zero-order valence-corrected chi connectivity index (χ0v) is 14.7. The van der Waals surface area contributed by atoms with Gasteiger partial charge >= 0.3 is 0 Å². The number of rotatable bonds is 5. The van der Waals surface area contributed by atoms with E-state index in [1.807, 2.05) is 0 Å². The van der Waals surface area contributed by atoms with Crippen molar-refractivity contribution < 1.29 is 9.64 Å². The summed E-state index contributed by atoms with van der Waals surface area (Å²) in [6, 6.07) is 0.514. The van der Waals surface area contributed by atoms with E-state index < -0.39 is 0 Å². The molecule has 0 aromatic carbocycles. The minimum atomic E-state index is 0.514. The van der Waals surface area contributed by atoms with Crippen LogP contribution in [0.5, 0.6) is 0 Å². The molecule has 126 valence electrons. The molecule has 0 radical (unpaired) electrons. The highest BCUT2D eigenvalue weighted by Gasteiger charge is 2.15. The van der Waals surface area contributed by atoms with E-state index in [4.69, 9.17) is 29.2 Å². The second-order valence-corrected chi connectivity index (χ2v) is 6.74. The molecule has 0 unspecified atom stereocenters. The van der Waals surface area contributed by atoms with Crippen molar-refractivity contribution in [1.82, 2.24) is 21.5 Å². The van der Waals surface area contributed by atoms with Gasteiger partial charge in [-0.3, -0.25) is 10.9 Å². The van der Waals surface area contributed by atoms with Crippen molar-refractivity contribution in [2.24, 2.45) is 0 Å². The quantitative estimate of drug-likeness (QED) is 0.251. The molecule has 2 rings (SSSR count). The average molecular weight is 347 g/mol. The van der Waals surface area contributed by atoms with E-state index in [2.05, 4.69) is 21.5 Å². The lowest BCUT2D eigenvalue weighted by Gasteiger charge is -2.23. The van der Waals surface area contributed by atoms with Crippen LogP contribution in [0.2, 0.25) is 0 Å². The van der Waals surface area contributed by atoms with Crippen LogP contribution in [0.25, 0.3) is 0 Å². The molecule has 5 N–H and O–H groups in total. The average Bonchev–Trinajstić information content (AvgIpc) is 3.03. The molecule has 2 fully saturated rings. The maximum atomic E-state index is 5.35. The maximum absolute atomic E-state index is 5.35. The summed E-state index contributed by atoms with van der Waals surface area (Å²) in [5, 5.41) is 7.71. The molecule has 0 aromatic heterocycles. The summed E-state index contributed by atoms with van der Waals surface area (Å²) < 4.78 is 5.35. The lowest BCUT2D eigenvalue weighted by atomic mass is 10.3. The van der Waals surface area contributed by atoms with Gasteiger partial charge in [-0.05, 0) is 37.3 Å². The molecule has 1 aliphatic heterocycles. The van der Waals surface area contributed by atoms with Crippen molar-refractivity contribution >= 4 is 34.7 Å². The topological polar surface area (TPSA) is 61.8 Å². The molecule has 1 saturated carbocycles. The summed E-state index contributed by atoms with van der Waals surface area (Å²) in [4.78, 5) is 1.62. The Balaban J connectivity index is 1.45. The van der Waals surface area contributed by atoms with E-state index in [1.54, 1.807) is 4.90 Å². The van der Waals surface area contributed by atoms with Crippen molar-refractivity contribution in [2.75, 3.05) is 39.4 Å². The number of thiocarbonyl (C=S) groups is 2. The SMILES string of the molecule is S=C(NCCC[NH+]1CCOCC1)NNC(=S)NC1CCCC1. The summed E-state index contributed by atoms with van der Waals surface area (Å²) in [5.74, 6) is 0. The Hall–Kier alpha value is -0.700. The van der Waals surface area contributed by atoms with Crippen LogP contribution < -0.4 is 26.4 Å². The molecule has 0 spiro atoms. The minimum absolute atomic E-state index is 0.514. The van der Waals surface area contributed by atoms with Gasteiger partial charge in [0.1, 0.15) is 13.1 Å². The molecule has 8 heteroatoms. The van der Waals surface area contributed by atoms with E-state index in [9.17, 15) is 0 Å². The standard InChI is InChI=1S/C14H27N5OS2/c21-13(15-6-3-7-19-8-10-20-11-9-19)17-18-14(22)16-12-4-1-2-5-12/h12H,1-11H2,(H2,15,17,21)(H2,16,18,22)/p+1. The predicted octanol–water partition coefficient (Wildman–Crippen LogP) is -0.923. The summed E-state index contributed by atoms with van der Waals surface area (Å²) >= 11 is 10.5. The summed E-state index contributed by atoms with van der Waals surface area (Å²) in [6.07, 6.45) is 6.09. The molecule has 22 heavy (non-hydrogen) atoms. The normalized spacial score (nSPS) is 19.6. The van der Waals surface area contributed by atoms with Gasteiger partial charge in [-0.2, -0.15) is 0 Å².